The highest BCUT2D eigenvalue weighted by Crippen LogP contribution is 2.10. The van der Waals surface area contributed by atoms with Crippen LogP contribution in [0, 0.1) is 0 Å². The number of anilines is 1. The molecule has 138 valence electrons. The standard InChI is InChI=1S/C20H27N5O/c1-2-24-10-12-25(13-11-24)15-17-8-6-16(7-9-17)14-22-20(26)18-4-3-5-19(21)23-18/h3-9H,2,10-15H2,1H3,(H2,21,23)(H,22,26). The summed E-state index contributed by atoms with van der Waals surface area (Å²) in [6.45, 7) is 9.37. The Morgan fingerprint density at radius 2 is 1.69 bits per heavy atom. The molecule has 0 bridgehead atoms. The molecule has 26 heavy (non-hydrogen) atoms. The van der Waals surface area contributed by atoms with E-state index in [1.807, 2.05) is 0 Å². The highest BCUT2D eigenvalue weighted by Gasteiger charge is 2.15. The van der Waals surface area contributed by atoms with Crippen molar-refractivity contribution in [3.8, 4) is 0 Å². The minimum absolute atomic E-state index is 0.213. The molecule has 0 aliphatic carbocycles. The van der Waals surface area contributed by atoms with Crippen molar-refractivity contribution >= 4 is 11.7 Å². The molecule has 1 amide bonds. The number of nitrogens with two attached hydrogens (primary N) is 1. The number of likely N-dealkylation sites (N-methyl/N-ethyl adjacent to an activating group) is 1. The molecule has 1 aromatic heterocycles. The third-order valence-corrected chi connectivity index (χ3v) is 4.80. The lowest BCUT2D eigenvalue weighted by Gasteiger charge is -2.34. The maximum absolute atomic E-state index is 12.1. The molecule has 1 saturated heterocycles. The first-order valence-corrected chi connectivity index (χ1v) is 9.17. The van der Waals surface area contributed by atoms with Crippen LogP contribution >= 0.6 is 0 Å². The maximum atomic E-state index is 12.1. The van der Waals surface area contributed by atoms with E-state index in [2.05, 4.69) is 51.3 Å². The highest BCUT2D eigenvalue weighted by atomic mass is 16.1. The lowest BCUT2D eigenvalue weighted by atomic mass is 10.1. The molecule has 6 heteroatoms. The molecular weight excluding hydrogens is 326 g/mol. The number of nitrogens with zero attached hydrogens (tertiary/aromatic N) is 3. The van der Waals surface area contributed by atoms with E-state index in [9.17, 15) is 4.79 Å². The van der Waals surface area contributed by atoms with E-state index in [-0.39, 0.29) is 5.91 Å². The van der Waals surface area contributed by atoms with Crippen LogP contribution in [0.25, 0.3) is 0 Å². The smallest absolute Gasteiger partial charge is 0.270 e. The summed E-state index contributed by atoms with van der Waals surface area (Å²) >= 11 is 0. The summed E-state index contributed by atoms with van der Waals surface area (Å²) in [5, 5.41) is 2.88. The van der Waals surface area contributed by atoms with Crippen LogP contribution in [0.3, 0.4) is 0 Å². The van der Waals surface area contributed by atoms with Crippen LogP contribution in [0.15, 0.2) is 42.5 Å². The fraction of sp³-hybridized carbons (Fsp3) is 0.400. The van der Waals surface area contributed by atoms with Crippen LogP contribution < -0.4 is 11.1 Å². The van der Waals surface area contributed by atoms with E-state index in [1.165, 1.54) is 5.56 Å². The molecule has 3 rings (SSSR count). The second kappa shape index (κ2) is 8.78. The molecule has 1 aliphatic rings. The van der Waals surface area contributed by atoms with Crippen molar-refractivity contribution in [3.63, 3.8) is 0 Å². The van der Waals surface area contributed by atoms with Crippen molar-refractivity contribution in [1.29, 1.82) is 0 Å². The number of rotatable bonds is 6. The van der Waals surface area contributed by atoms with Gasteiger partial charge >= 0.3 is 0 Å². The highest BCUT2D eigenvalue weighted by molar-refractivity contribution is 5.92. The minimum atomic E-state index is -0.213. The zero-order valence-electron chi connectivity index (χ0n) is 15.3. The van der Waals surface area contributed by atoms with Crippen molar-refractivity contribution in [2.24, 2.45) is 0 Å². The Hall–Kier alpha value is -2.44. The van der Waals surface area contributed by atoms with Gasteiger partial charge in [-0.25, -0.2) is 4.98 Å². The summed E-state index contributed by atoms with van der Waals surface area (Å²) in [6, 6.07) is 13.5. The number of amides is 1. The number of nitrogens with one attached hydrogen (secondary N) is 1. The van der Waals surface area contributed by atoms with Crippen LogP contribution in [0.5, 0.6) is 0 Å². The van der Waals surface area contributed by atoms with Crippen molar-refractivity contribution < 1.29 is 4.79 Å². The van der Waals surface area contributed by atoms with Gasteiger partial charge in [0, 0.05) is 39.3 Å². The van der Waals surface area contributed by atoms with Gasteiger partial charge in [0.15, 0.2) is 0 Å². The topological polar surface area (TPSA) is 74.5 Å². The fourth-order valence-electron chi connectivity index (χ4n) is 3.14. The predicted octanol–water partition coefficient (Wildman–Crippen LogP) is 1.73. The summed E-state index contributed by atoms with van der Waals surface area (Å²) in [5.74, 6) is 0.136. The first-order chi connectivity index (χ1) is 12.6. The average Bonchev–Trinajstić information content (AvgIpc) is 2.68. The van der Waals surface area contributed by atoms with Crippen molar-refractivity contribution in [2.75, 3.05) is 38.5 Å². The van der Waals surface area contributed by atoms with E-state index >= 15 is 0 Å². The van der Waals surface area contributed by atoms with Gasteiger partial charge in [-0.3, -0.25) is 9.69 Å². The van der Waals surface area contributed by atoms with Gasteiger partial charge in [-0.1, -0.05) is 37.3 Å². The number of piperazine rings is 1. The van der Waals surface area contributed by atoms with Crippen molar-refractivity contribution in [2.45, 2.75) is 20.0 Å². The normalized spacial score (nSPS) is 15.7. The van der Waals surface area contributed by atoms with Crippen LogP contribution in [0.4, 0.5) is 5.82 Å². The molecule has 0 saturated carbocycles. The second-order valence-corrected chi connectivity index (χ2v) is 6.66. The Balaban J connectivity index is 1.48. The number of pyridine rings is 1. The third kappa shape index (κ3) is 5.03. The van der Waals surface area contributed by atoms with Gasteiger partial charge in [0.25, 0.3) is 5.91 Å². The van der Waals surface area contributed by atoms with E-state index < -0.39 is 0 Å². The quantitative estimate of drug-likeness (QED) is 0.827. The van der Waals surface area contributed by atoms with Gasteiger partial charge in [0.1, 0.15) is 11.5 Å². The Labute approximate surface area is 155 Å². The Morgan fingerprint density at radius 3 is 2.35 bits per heavy atom. The number of aromatic nitrogens is 1. The molecule has 6 nitrogen and oxygen atoms in total. The molecule has 1 aliphatic heterocycles. The van der Waals surface area contributed by atoms with Gasteiger partial charge < -0.3 is 16.0 Å². The SMILES string of the molecule is CCN1CCN(Cc2ccc(CNC(=O)c3cccc(N)n3)cc2)CC1. The molecule has 2 heterocycles. The molecule has 0 atom stereocenters. The molecule has 0 unspecified atom stereocenters. The molecule has 1 fully saturated rings. The van der Waals surface area contributed by atoms with Crippen LogP contribution in [-0.2, 0) is 13.1 Å². The largest absolute Gasteiger partial charge is 0.384 e. The molecule has 0 radical (unpaired) electrons. The third-order valence-electron chi connectivity index (χ3n) is 4.80. The first-order valence-electron chi connectivity index (χ1n) is 9.17. The summed E-state index contributed by atoms with van der Waals surface area (Å²) in [6.07, 6.45) is 0. The zero-order chi connectivity index (χ0) is 18.4. The molecule has 3 N–H and O–H groups in total. The van der Waals surface area contributed by atoms with E-state index in [4.69, 9.17) is 5.73 Å². The van der Waals surface area contributed by atoms with Crippen LogP contribution in [0.1, 0.15) is 28.5 Å². The number of benzene rings is 1. The number of nitrogen functional groups attached to an aromatic ring is 1. The monoisotopic (exact) mass is 353 g/mol. The van der Waals surface area contributed by atoms with Gasteiger partial charge in [0.2, 0.25) is 0 Å². The molecule has 2 aromatic rings. The fourth-order valence-corrected chi connectivity index (χ4v) is 3.14. The van der Waals surface area contributed by atoms with Gasteiger partial charge in [-0.2, -0.15) is 0 Å². The minimum Gasteiger partial charge on any atom is -0.384 e. The van der Waals surface area contributed by atoms with E-state index in [0.717, 1.165) is 44.8 Å². The second-order valence-electron chi connectivity index (χ2n) is 6.66. The lowest BCUT2D eigenvalue weighted by molar-refractivity contribution is 0.0946. The van der Waals surface area contributed by atoms with Gasteiger partial charge in [-0.05, 0) is 29.8 Å². The average molecular weight is 353 g/mol. The van der Waals surface area contributed by atoms with Crippen molar-refractivity contribution in [1.82, 2.24) is 20.1 Å². The van der Waals surface area contributed by atoms with E-state index in [0.29, 0.717) is 18.1 Å². The molecule has 1 aromatic carbocycles. The van der Waals surface area contributed by atoms with Gasteiger partial charge in [0.05, 0.1) is 0 Å². The number of hydrogen-bond acceptors (Lipinski definition) is 5. The molecular formula is C20H27N5O. The Bertz CT molecular complexity index is 723. The summed E-state index contributed by atoms with van der Waals surface area (Å²) < 4.78 is 0. The maximum Gasteiger partial charge on any atom is 0.270 e. The molecule has 0 spiro atoms. The van der Waals surface area contributed by atoms with Crippen LogP contribution in [-0.4, -0.2) is 53.4 Å². The number of carbonyl (C=O) groups excluding carboxylic acids is 1. The van der Waals surface area contributed by atoms with Crippen molar-refractivity contribution in [3.05, 3.63) is 59.3 Å². The zero-order valence-corrected chi connectivity index (χ0v) is 15.3. The number of carbonyl (C=O) groups is 1. The predicted molar refractivity (Wildman–Crippen MR) is 104 cm³/mol. The summed E-state index contributed by atoms with van der Waals surface area (Å²) in [4.78, 5) is 21.1. The van der Waals surface area contributed by atoms with Crippen LogP contribution in [0.2, 0.25) is 0 Å². The first kappa shape index (κ1) is 18.4. The lowest BCUT2D eigenvalue weighted by Crippen LogP contribution is -2.45. The Morgan fingerprint density at radius 1 is 1.04 bits per heavy atom. The Kier molecular flexibility index (Phi) is 6.20. The summed E-state index contributed by atoms with van der Waals surface area (Å²) in [5.41, 5.74) is 8.33. The summed E-state index contributed by atoms with van der Waals surface area (Å²) in [7, 11) is 0. The van der Waals surface area contributed by atoms with E-state index in [1.54, 1.807) is 18.2 Å². The van der Waals surface area contributed by atoms with Gasteiger partial charge in [-0.15, -0.1) is 0 Å². The number of hydrogen-bond donors (Lipinski definition) is 2.